The lowest BCUT2D eigenvalue weighted by Crippen LogP contribution is -2.11. The molecule has 0 amide bonds. The fourth-order valence-corrected chi connectivity index (χ4v) is 7.29. The summed E-state index contributed by atoms with van der Waals surface area (Å²) in [7, 11) is 0. The maximum atomic E-state index is 6.56. The number of hydrogen-bond acceptors (Lipinski definition) is 4. The van der Waals surface area contributed by atoms with Crippen LogP contribution >= 0.6 is 0 Å². The topological polar surface area (TPSA) is 42.4 Å². The van der Waals surface area contributed by atoms with E-state index in [4.69, 9.17) is 13.8 Å². The predicted octanol–water partition coefficient (Wildman–Crippen LogP) is 13.4. The zero-order chi connectivity index (χ0) is 33.7. The van der Waals surface area contributed by atoms with Crippen LogP contribution in [0.4, 0.5) is 17.1 Å². The quantitative estimate of drug-likeness (QED) is 0.179. The predicted molar refractivity (Wildman–Crippen MR) is 210 cm³/mol. The monoisotopic (exact) mass is 654 g/mol. The number of aromatic nitrogens is 1. The van der Waals surface area contributed by atoms with Gasteiger partial charge in [0.2, 0.25) is 5.89 Å². The molecule has 0 unspecified atom stereocenters. The van der Waals surface area contributed by atoms with Gasteiger partial charge in [0.15, 0.2) is 5.58 Å². The highest BCUT2D eigenvalue weighted by Gasteiger charge is 2.27. The summed E-state index contributed by atoms with van der Waals surface area (Å²) in [5.41, 5.74) is 11.4. The van der Waals surface area contributed by atoms with Gasteiger partial charge in [-0.15, -0.1) is 0 Å². The average Bonchev–Trinajstić information content (AvgIpc) is 3.80. The van der Waals surface area contributed by atoms with Gasteiger partial charge in [-0.1, -0.05) is 133 Å². The van der Waals surface area contributed by atoms with Crippen LogP contribution in [0.5, 0.6) is 0 Å². The minimum Gasteiger partial charge on any atom is -0.456 e. The number of fused-ring (bicyclic) bond motifs is 5. The Kier molecular flexibility index (Phi) is 6.78. The lowest BCUT2D eigenvalue weighted by molar-refractivity contribution is 0.617. The Bertz CT molecular complexity index is 2860. The minimum absolute atomic E-state index is 0.562. The molecular formula is C47H30N2O2. The third-order valence-corrected chi connectivity index (χ3v) is 9.67. The van der Waals surface area contributed by atoms with Crippen molar-refractivity contribution in [3.05, 3.63) is 182 Å². The van der Waals surface area contributed by atoms with Gasteiger partial charge in [0.05, 0.1) is 11.1 Å². The molecule has 4 heteroatoms. The first-order chi connectivity index (χ1) is 25.3. The summed E-state index contributed by atoms with van der Waals surface area (Å²) in [6, 6.07) is 63.4. The van der Waals surface area contributed by atoms with E-state index >= 15 is 0 Å². The fourth-order valence-electron chi connectivity index (χ4n) is 7.29. The Labute approximate surface area is 294 Å². The summed E-state index contributed by atoms with van der Waals surface area (Å²) in [5, 5.41) is 4.32. The molecule has 10 rings (SSSR count). The maximum Gasteiger partial charge on any atom is 0.227 e. The smallest absolute Gasteiger partial charge is 0.227 e. The number of benzene rings is 8. The second-order valence-corrected chi connectivity index (χ2v) is 12.8. The van der Waals surface area contributed by atoms with Crippen LogP contribution in [0, 0.1) is 0 Å². The van der Waals surface area contributed by atoms with Crippen LogP contribution in [0.25, 0.3) is 77.5 Å². The molecule has 4 nitrogen and oxygen atoms in total. The summed E-state index contributed by atoms with van der Waals surface area (Å²) in [6.45, 7) is 0. The van der Waals surface area contributed by atoms with E-state index in [2.05, 4.69) is 138 Å². The average molecular weight is 655 g/mol. The second-order valence-electron chi connectivity index (χ2n) is 12.8. The van der Waals surface area contributed by atoms with Crippen molar-refractivity contribution in [2.45, 2.75) is 0 Å². The normalized spacial score (nSPS) is 11.5. The Balaban J connectivity index is 1.32. The Morgan fingerprint density at radius 3 is 1.78 bits per heavy atom. The molecule has 0 aliphatic carbocycles. The fraction of sp³-hybridized carbons (Fsp3) is 0. The van der Waals surface area contributed by atoms with E-state index in [9.17, 15) is 0 Å². The number of anilines is 3. The largest absolute Gasteiger partial charge is 0.456 e. The van der Waals surface area contributed by atoms with Gasteiger partial charge in [-0.3, -0.25) is 0 Å². The molecule has 0 fully saturated rings. The lowest BCUT2D eigenvalue weighted by atomic mass is 9.93. The number of rotatable bonds is 6. The van der Waals surface area contributed by atoms with Gasteiger partial charge < -0.3 is 13.7 Å². The first-order valence-electron chi connectivity index (χ1n) is 17.1. The van der Waals surface area contributed by atoms with E-state index in [-0.39, 0.29) is 0 Å². The van der Waals surface area contributed by atoms with Crippen LogP contribution < -0.4 is 4.90 Å². The van der Waals surface area contributed by atoms with Crippen LogP contribution in [0.1, 0.15) is 0 Å². The van der Waals surface area contributed by atoms with Crippen molar-refractivity contribution in [3.8, 4) is 33.7 Å². The van der Waals surface area contributed by atoms with Gasteiger partial charge in [-0.25, -0.2) is 4.98 Å². The molecule has 0 aliphatic heterocycles. The van der Waals surface area contributed by atoms with Gasteiger partial charge in [0.25, 0.3) is 0 Å². The second kappa shape index (κ2) is 11.9. The molecule has 0 bridgehead atoms. The van der Waals surface area contributed by atoms with Crippen molar-refractivity contribution in [3.63, 3.8) is 0 Å². The Morgan fingerprint density at radius 2 is 1.02 bits per heavy atom. The molecule has 51 heavy (non-hydrogen) atoms. The SMILES string of the molecule is c1ccc(-c2nc3c(N(c4ccc(-c5ccccc5)c(-c5ccccc5)c4)c4ccc5ccccc5c4)c4c(cc3o2)oc2ccccc24)cc1. The molecule has 0 saturated heterocycles. The van der Waals surface area contributed by atoms with Crippen molar-refractivity contribution in [2.75, 3.05) is 4.90 Å². The third-order valence-electron chi connectivity index (χ3n) is 9.67. The highest BCUT2D eigenvalue weighted by atomic mass is 16.4. The molecule has 2 aromatic heterocycles. The molecule has 0 aliphatic rings. The molecule has 10 aromatic rings. The zero-order valence-electron chi connectivity index (χ0n) is 27.5. The molecule has 0 atom stereocenters. The van der Waals surface area contributed by atoms with E-state index in [0.29, 0.717) is 11.5 Å². The molecular weight excluding hydrogens is 625 g/mol. The van der Waals surface area contributed by atoms with Gasteiger partial charge in [-0.2, -0.15) is 0 Å². The summed E-state index contributed by atoms with van der Waals surface area (Å²) in [6.07, 6.45) is 0. The number of oxazole rings is 1. The summed E-state index contributed by atoms with van der Waals surface area (Å²) >= 11 is 0. The van der Waals surface area contributed by atoms with Crippen LogP contribution in [0.3, 0.4) is 0 Å². The van der Waals surface area contributed by atoms with Gasteiger partial charge in [0.1, 0.15) is 16.7 Å². The standard InChI is InChI=1S/C47H30N2O2/c1-4-15-32(16-5-1)38-27-26-37(29-40(38)33-17-6-2-7-18-33)49(36-25-24-31-14-10-11-21-35(31)28-36)46-44-39-22-12-13-23-41(39)50-42(44)30-43-45(46)48-47(51-43)34-19-8-3-9-20-34/h1-30H. The van der Waals surface area contributed by atoms with Crippen molar-refractivity contribution in [2.24, 2.45) is 0 Å². The molecule has 0 saturated carbocycles. The molecule has 0 spiro atoms. The van der Waals surface area contributed by atoms with Crippen molar-refractivity contribution in [1.82, 2.24) is 4.98 Å². The van der Waals surface area contributed by atoms with Crippen molar-refractivity contribution < 1.29 is 8.83 Å². The van der Waals surface area contributed by atoms with Gasteiger partial charge >= 0.3 is 0 Å². The minimum atomic E-state index is 0.562. The molecule has 8 aromatic carbocycles. The van der Waals surface area contributed by atoms with Crippen LogP contribution in [-0.2, 0) is 0 Å². The summed E-state index contributed by atoms with van der Waals surface area (Å²) < 4.78 is 13.1. The molecule has 2 heterocycles. The van der Waals surface area contributed by atoms with Crippen molar-refractivity contribution in [1.29, 1.82) is 0 Å². The maximum absolute atomic E-state index is 6.56. The van der Waals surface area contributed by atoms with E-state index in [1.807, 2.05) is 48.5 Å². The number of hydrogen-bond donors (Lipinski definition) is 0. The van der Waals surface area contributed by atoms with Crippen LogP contribution in [0.2, 0.25) is 0 Å². The molecule has 0 N–H and O–H groups in total. The Morgan fingerprint density at radius 1 is 0.412 bits per heavy atom. The van der Waals surface area contributed by atoms with Gasteiger partial charge in [0, 0.05) is 28.4 Å². The lowest BCUT2D eigenvalue weighted by Gasteiger charge is -2.28. The number of furan rings is 1. The number of para-hydroxylation sites is 1. The first kappa shape index (κ1) is 29.0. The highest BCUT2D eigenvalue weighted by Crippen LogP contribution is 2.49. The zero-order valence-corrected chi connectivity index (χ0v) is 27.5. The van der Waals surface area contributed by atoms with Gasteiger partial charge in [-0.05, 0) is 75.5 Å². The summed E-state index contributed by atoms with van der Waals surface area (Å²) in [5.74, 6) is 0.562. The van der Waals surface area contributed by atoms with E-state index < -0.39 is 0 Å². The van der Waals surface area contributed by atoms with E-state index in [1.54, 1.807) is 0 Å². The first-order valence-corrected chi connectivity index (χ1v) is 17.1. The number of nitrogens with zero attached hydrogens (tertiary/aromatic N) is 2. The van der Waals surface area contributed by atoms with Crippen LogP contribution in [-0.4, -0.2) is 4.98 Å². The highest BCUT2D eigenvalue weighted by molar-refractivity contribution is 6.20. The molecule has 0 radical (unpaired) electrons. The van der Waals surface area contributed by atoms with Crippen LogP contribution in [0.15, 0.2) is 191 Å². The Hall–Kier alpha value is -6.91. The van der Waals surface area contributed by atoms with E-state index in [0.717, 1.165) is 77.7 Å². The van der Waals surface area contributed by atoms with E-state index in [1.165, 1.54) is 5.39 Å². The van der Waals surface area contributed by atoms with Crippen molar-refractivity contribution >= 4 is 60.9 Å². The summed E-state index contributed by atoms with van der Waals surface area (Å²) in [4.78, 5) is 7.58. The molecule has 240 valence electrons. The third kappa shape index (κ3) is 4.96.